The minimum atomic E-state index is -4.28. The molecule has 0 aliphatic heterocycles. The Morgan fingerprint density at radius 1 is 1.20 bits per heavy atom. The summed E-state index contributed by atoms with van der Waals surface area (Å²) in [4.78, 5) is 1.21. The van der Waals surface area contributed by atoms with Crippen LogP contribution in [0.3, 0.4) is 0 Å². The summed E-state index contributed by atoms with van der Waals surface area (Å²) >= 11 is 0. The molecule has 1 atom stereocenters. The van der Waals surface area contributed by atoms with E-state index in [-0.39, 0.29) is 24.6 Å². The fourth-order valence-corrected chi connectivity index (χ4v) is 1.94. The molecule has 2 nitrogen and oxygen atoms in total. The van der Waals surface area contributed by atoms with Crippen molar-refractivity contribution in [1.29, 1.82) is 0 Å². The van der Waals surface area contributed by atoms with Crippen molar-refractivity contribution in [3.05, 3.63) is 35.6 Å². The quantitative estimate of drug-likeness (QED) is 0.811. The lowest BCUT2D eigenvalue weighted by Crippen LogP contribution is -2.40. The van der Waals surface area contributed by atoms with E-state index in [4.69, 9.17) is 0 Å². The first-order valence-electron chi connectivity index (χ1n) is 6.44. The molecule has 0 radical (unpaired) electrons. The van der Waals surface area contributed by atoms with Crippen molar-refractivity contribution in [2.45, 2.75) is 38.6 Å². The Kier molecular flexibility index (Phi) is 5.95. The van der Waals surface area contributed by atoms with E-state index in [2.05, 4.69) is 0 Å². The number of aliphatic hydroxyl groups is 1. The number of rotatable bonds is 6. The summed E-state index contributed by atoms with van der Waals surface area (Å²) in [5.41, 5.74) is 0.114. The minimum absolute atomic E-state index is 0.0483. The first-order chi connectivity index (χ1) is 9.20. The first kappa shape index (κ1) is 16.9. The molecular formula is C14H19F4NO. The molecule has 1 aromatic rings. The van der Waals surface area contributed by atoms with Gasteiger partial charge < -0.3 is 5.11 Å². The predicted molar refractivity (Wildman–Crippen MR) is 68.7 cm³/mol. The number of nitrogens with zero attached hydrogens (tertiary/aromatic N) is 1. The fraction of sp³-hybridized carbons (Fsp3) is 0.571. The molecular weight excluding hydrogens is 274 g/mol. The van der Waals surface area contributed by atoms with Gasteiger partial charge in [-0.05, 0) is 26.3 Å². The monoisotopic (exact) mass is 293 g/mol. The number of benzene rings is 1. The van der Waals surface area contributed by atoms with Gasteiger partial charge in [0.15, 0.2) is 0 Å². The van der Waals surface area contributed by atoms with Gasteiger partial charge in [-0.3, -0.25) is 4.90 Å². The third-order valence-corrected chi connectivity index (χ3v) is 3.07. The van der Waals surface area contributed by atoms with Crippen molar-refractivity contribution < 1.29 is 22.7 Å². The van der Waals surface area contributed by atoms with E-state index in [1.165, 1.54) is 23.1 Å². The molecule has 1 aromatic carbocycles. The van der Waals surface area contributed by atoms with Gasteiger partial charge in [0.2, 0.25) is 0 Å². The maximum atomic E-state index is 13.4. The highest BCUT2D eigenvalue weighted by Crippen LogP contribution is 2.22. The number of alkyl halides is 3. The van der Waals surface area contributed by atoms with Crippen LogP contribution in [0, 0.1) is 5.82 Å². The molecule has 0 saturated carbocycles. The Morgan fingerprint density at radius 2 is 1.80 bits per heavy atom. The van der Waals surface area contributed by atoms with Crippen LogP contribution in [0.4, 0.5) is 17.6 Å². The third-order valence-electron chi connectivity index (χ3n) is 3.07. The lowest BCUT2D eigenvalue weighted by molar-refractivity contribution is -0.150. The maximum absolute atomic E-state index is 13.4. The van der Waals surface area contributed by atoms with Gasteiger partial charge in [0.25, 0.3) is 0 Å². The Hall–Kier alpha value is -1.14. The van der Waals surface area contributed by atoms with E-state index in [0.717, 1.165) is 0 Å². The number of aliphatic hydroxyl groups excluding tert-OH is 1. The SMILES string of the molecule is CC(C)N(CCC(O)c1ccccc1F)CC(F)(F)F. The Bertz CT molecular complexity index is 420. The smallest absolute Gasteiger partial charge is 0.388 e. The zero-order chi connectivity index (χ0) is 15.3. The topological polar surface area (TPSA) is 23.5 Å². The van der Waals surface area contributed by atoms with Crippen molar-refractivity contribution in [3.63, 3.8) is 0 Å². The number of hydrogen-bond acceptors (Lipinski definition) is 2. The summed E-state index contributed by atoms with van der Waals surface area (Å²) in [7, 11) is 0. The van der Waals surface area contributed by atoms with Gasteiger partial charge in [-0.15, -0.1) is 0 Å². The third kappa shape index (κ3) is 5.46. The van der Waals surface area contributed by atoms with E-state index in [1.807, 2.05) is 0 Å². The van der Waals surface area contributed by atoms with Gasteiger partial charge in [-0.25, -0.2) is 4.39 Å². The molecule has 0 bridgehead atoms. The molecule has 0 aliphatic rings. The van der Waals surface area contributed by atoms with E-state index in [0.29, 0.717) is 0 Å². The predicted octanol–water partition coefficient (Wildman–Crippen LogP) is 3.52. The van der Waals surface area contributed by atoms with Crippen LogP contribution in [-0.2, 0) is 0 Å². The largest absolute Gasteiger partial charge is 0.401 e. The lowest BCUT2D eigenvalue weighted by Gasteiger charge is -2.28. The molecule has 20 heavy (non-hydrogen) atoms. The molecule has 1 N–H and O–H groups in total. The summed E-state index contributed by atoms with van der Waals surface area (Å²) < 4.78 is 50.7. The number of hydrogen-bond donors (Lipinski definition) is 1. The van der Waals surface area contributed by atoms with Crippen LogP contribution < -0.4 is 0 Å². The summed E-state index contributed by atoms with van der Waals surface area (Å²) in [6.45, 7) is 2.32. The molecule has 0 fully saturated rings. The van der Waals surface area contributed by atoms with Crippen molar-refractivity contribution in [1.82, 2.24) is 4.90 Å². The van der Waals surface area contributed by atoms with Crippen molar-refractivity contribution in [2.24, 2.45) is 0 Å². The van der Waals surface area contributed by atoms with Crippen LogP contribution in [0.5, 0.6) is 0 Å². The van der Waals surface area contributed by atoms with Gasteiger partial charge >= 0.3 is 6.18 Å². The van der Waals surface area contributed by atoms with Gasteiger partial charge in [0, 0.05) is 18.2 Å². The van der Waals surface area contributed by atoms with E-state index in [1.54, 1.807) is 19.9 Å². The van der Waals surface area contributed by atoms with Crippen molar-refractivity contribution >= 4 is 0 Å². The molecule has 0 amide bonds. The summed E-state index contributed by atoms with van der Waals surface area (Å²) in [6, 6.07) is 5.43. The second-order valence-corrected chi connectivity index (χ2v) is 5.01. The second kappa shape index (κ2) is 7.04. The number of halogens is 4. The van der Waals surface area contributed by atoms with Crippen LogP contribution in [0.15, 0.2) is 24.3 Å². The summed E-state index contributed by atoms with van der Waals surface area (Å²) in [5.74, 6) is -0.549. The van der Waals surface area contributed by atoms with Crippen LogP contribution in [-0.4, -0.2) is 35.3 Å². The van der Waals surface area contributed by atoms with Gasteiger partial charge in [-0.2, -0.15) is 13.2 Å². The molecule has 0 aliphatic carbocycles. The molecule has 0 aromatic heterocycles. The summed E-state index contributed by atoms with van der Waals surface area (Å²) in [6.07, 6.45) is -5.34. The molecule has 0 spiro atoms. The first-order valence-corrected chi connectivity index (χ1v) is 6.44. The highest BCUT2D eigenvalue weighted by atomic mass is 19.4. The van der Waals surface area contributed by atoms with E-state index < -0.39 is 24.6 Å². The molecule has 6 heteroatoms. The molecule has 1 rings (SSSR count). The molecule has 1 unspecified atom stereocenters. The highest BCUT2D eigenvalue weighted by Gasteiger charge is 2.31. The lowest BCUT2D eigenvalue weighted by atomic mass is 10.1. The second-order valence-electron chi connectivity index (χ2n) is 5.01. The van der Waals surface area contributed by atoms with Gasteiger partial charge in [0.05, 0.1) is 12.6 Å². The van der Waals surface area contributed by atoms with Crippen LogP contribution in [0.1, 0.15) is 31.9 Å². The van der Waals surface area contributed by atoms with Crippen LogP contribution in [0.25, 0.3) is 0 Å². The normalized spacial score (nSPS) is 14.1. The molecule has 114 valence electrons. The maximum Gasteiger partial charge on any atom is 0.401 e. The summed E-state index contributed by atoms with van der Waals surface area (Å²) in [5, 5.41) is 9.88. The Morgan fingerprint density at radius 3 is 2.30 bits per heavy atom. The average molecular weight is 293 g/mol. The Labute approximate surface area is 116 Å². The molecule has 0 saturated heterocycles. The van der Waals surface area contributed by atoms with Crippen LogP contribution >= 0.6 is 0 Å². The van der Waals surface area contributed by atoms with E-state index in [9.17, 15) is 22.7 Å². The standard InChI is InChI=1S/C14H19F4NO/c1-10(2)19(9-14(16,17)18)8-7-13(20)11-5-3-4-6-12(11)15/h3-6,10,13,20H,7-9H2,1-2H3. The average Bonchev–Trinajstić information content (AvgIpc) is 2.33. The van der Waals surface area contributed by atoms with Gasteiger partial charge in [0.1, 0.15) is 5.82 Å². The van der Waals surface area contributed by atoms with Crippen molar-refractivity contribution in [2.75, 3.05) is 13.1 Å². The fourth-order valence-electron chi connectivity index (χ4n) is 1.94. The van der Waals surface area contributed by atoms with Gasteiger partial charge in [-0.1, -0.05) is 18.2 Å². The zero-order valence-corrected chi connectivity index (χ0v) is 11.5. The Balaban J connectivity index is 2.61. The van der Waals surface area contributed by atoms with Crippen molar-refractivity contribution in [3.8, 4) is 0 Å². The minimum Gasteiger partial charge on any atom is -0.388 e. The van der Waals surface area contributed by atoms with Crippen LogP contribution in [0.2, 0.25) is 0 Å². The van der Waals surface area contributed by atoms with E-state index >= 15 is 0 Å². The highest BCUT2D eigenvalue weighted by molar-refractivity contribution is 5.19. The zero-order valence-electron chi connectivity index (χ0n) is 11.5. The molecule has 0 heterocycles.